The van der Waals surface area contributed by atoms with Crippen LogP contribution in [0.2, 0.25) is 0 Å². The van der Waals surface area contributed by atoms with Crippen molar-refractivity contribution in [3.8, 4) is 12.1 Å². The first-order valence-electron chi connectivity index (χ1n) is 11.9. The van der Waals surface area contributed by atoms with Gasteiger partial charge in [0.15, 0.2) is 5.78 Å². The van der Waals surface area contributed by atoms with E-state index in [4.69, 9.17) is 4.74 Å². The van der Waals surface area contributed by atoms with Gasteiger partial charge in [0, 0.05) is 52.6 Å². The third-order valence-electron chi connectivity index (χ3n) is 6.15. The largest absolute Gasteiger partial charge is 0.462 e. The number of nitro benzene ring substituents is 1. The first-order valence-corrected chi connectivity index (χ1v) is 12.7. The number of nitro groups is 1. The Morgan fingerprint density at radius 3 is 2.51 bits per heavy atom. The third kappa shape index (κ3) is 5.61. The minimum atomic E-state index is -0.549. The molecule has 0 atom stereocenters. The minimum Gasteiger partial charge on any atom is -0.462 e. The van der Waals surface area contributed by atoms with Gasteiger partial charge in [-0.1, -0.05) is 30.3 Å². The molecule has 2 heterocycles. The molecule has 4 aromatic rings. The van der Waals surface area contributed by atoms with Crippen LogP contribution in [-0.2, 0) is 22.5 Å². The highest BCUT2D eigenvalue weighted by molar-refractivity contribution is 7.14. The molecule has 2 aromatic carbocycles. The summed E-state index contributed by atoms with van der Waals surface area (Å²) in [5, 5.41) is 31.3. The summed E-state index contributed by atoms with van der Waals surface area (Å²) in [6.07, 6.45) is 3.15. The van der Waals surface area contributed by atoms with Crippen LogP contribution in [0.15, 0.2) is 60.3 Å². The van der Waals surface area contributed by atoms with Crippen LogP contribution in [0.4, 0.5) is 5.69 Å². The SMILES string of the molecule is CCOC(=O)c1sc(CC(=O)/C(C#N)=C/c2cn(Cc3ccc([N+](=O)[O-])cc3)c3ccccc23)c(C#N)c1C. The van der Waals surface area contributed by atoms with Crippen LogP contribution in [0.1, 0.15) is 43.7 Å². The van der Waals surface area contributed by atoms with E-state index in [-0.39, 0.29) is 34.7 Å². The molecule has 0 bridgehead atoms. The van der Waals surface area contributed by atoms with Gasteiger partial charge in [-0.3, -0.25) is 14.9 Å². The summed E-state index contributed by atoms with van der Waals surface area (Å²) in [4.78, 5) is 36.6. The number of aromatic nitrogens is 1. The zero-order chi connectivity index (χ0) is 28.1. The van der Waals surface area contributed by atoms with E-state index in [1.807, 2.05) is 41.1 Å². The van der Waals surface area contributed by atoms with Crippen LogP contribution in [0, 0.1) is 39.7 Å². The number of allylic oxidation sites excluding steroid dienone is 1. The zero-order valence-corrected chi connectivity index (χ0v) is 21.9. The smallest absolute Gasteiger partial charge is 0.348 e. The number of thiophene rings is 1. The fourth-order valence-corrected chi connectivity index (χ4v) is 5.40. The van der Waals surface area contributed by atoms with Gasteiger partial charge in [-0.2, -0.15) is 10.5 Å². The van der Waals surface area contributed by atoms with Crippen molar-refractivity contribution in [1.29, 1.82) is 10.5 Å². The summed E-state index contributed by atoms with van der Waals surface area (Å²) >= 11 is 1.03. The Hall–Kier alpha value is -5.06. The molecule has 0 fully saturated rings. The second-order valence-electron chi connectivity index (χ2n) is 8.61. The molecule has 10 heteroatoms. The summed E-state index contributed by atoms with van der Waals surface area (Å²) in [5.74, 6) is -1.02. The topological polar surface area (TPSA) is 139 Å². The van der Waals surface area contributed by atoms with Crippen molar-refractivity contribution in [2.75, 3.05) is 6.61 Å². The molecule has 39 heavy (non-hydrogen) atoms. The lowest BCUT2D eigenvalue weighted by Crippen LogP contribution is -2.05. The van der Waals surface area contributed by atoms with Crippen LogP contribution >= 0.6 is 11.3 Å². The number of rotatable bonds is 9. The number of ether oxygens (including phenoxy) is 1. The number of benzene rings is 2. The van der Waals surface area contributed by atoms with Gasteiger partial charge in [-0.25, -0.2) is 4.79 Å². The van der Waals surface area contributed by atoms with E-state index in [2.05, 4.69) is 6.07 Å². The summed E-state index contributed by atoms with van der Waals surface area (Å²) in [7, 11) is 0. The number of carbonyl (C=O) groups is 2. The van der Waals surface area contributed by atoms with Crippen LogP contribution in [0.3, 0.4) is 0 Å². The molecule has 4 rings (SSSR count). The van der Waals surface area contributed by atoms with Gasteiger partial charge in [0.2, 0.25) is 0 Å². The van der Waals surface area contributed by atoms with Crippen molar-refractivity contribution >= 4 is 45.8 Å². The number of ketones is 1. The first-order chi connectivity index (χ1) is 18.8. The Kier molecular flexibility index (Phi) is 7.99. The molecule has 0 amide bonds. The molecular weight excluding hydrogens is 516 g/mol. The first kappa shape index (κ1) is 27.0. The highest BCUT2D eigenvalue weighted by atomic mass is 32.1. The maximum absolute atomic E-state index is 13.2. The van der Waals surface area contributed by atoms with E-state index in [0.717, 1.165) is 27.8 Å². The maximum Gasteiger partial charge on any atom is 0.348 e. The lowest BCUT2D eigenvalue weighted by Gasteiger charge is -2.05. The lowest BCUT2D eigenvalue weighted by atomic mass is 10.0. The van der Waals surface area contributed by atoms with Crippen molar-refractivity contribution in [1.82, 2.24) is 4.57 Å². The summed E-state index contributed by atoms with van der Waals surface area (Å²) in [6.45, 7) is 3.93. The average Bonchev–Trinajstić information content (AvgIpc) is 3.43. The Bertz CT molecular complexity index is 1720. The number of non-ortho nitro benzene ring substituents is 1. The molecule has 0 N–H and O–H groups in total. The standard InChI is InChI=1S/C29H22N4O5S/c1-3-38-29(35)28-18(2)24(15-31)27(39-28)13-26(34)20(14-30)12-21-17-32(25-7-5-4-6-23(21)25)16-19-8-10-22(11-9-19)33(36)37/h4-12,17H,3,13,16H2,1-2H3/b20-12+. The molecular formula is C29H22N4O5S. The molecule has 0 saturated heterocycles. The van der Waals surface area contributed by atoms with Crippen LogP contribution in [-0.4, -0.2) is 27.8 Å². The molecule has 0 aliphatic carbocycles. The van der Waals surface area contributed by atoms with Gasteiger partial charge in [0.05, 0.1) is 22.7 Å². The second kappa shape index (κ2) is 11.5. The van der Waals surface area contributed by atoms with Gasteiger partial charge in [-0.15, -0.1) is 11.3 Å². The summed E-state index contributed by atoms with van der Waals surface area (Å²) in [5.41, 5.74) is 3.00. The van der Waals surface area contributed by atoms with E-state index in [9.17, 15) is 30.2 Å². The highest BCUT2D eigenvalue weighted by Crippen LogP contribution is 2.30. The Morgan fingerprint density at radius 1 is 1.15 bits per heavy atom. The highest BCUT2D eigenvalue weighted by Gasteiger charge is 2.23. The average molecular weight is 539 g/mol. The molecule has 0 aliphatic rings. The van der Waals surface area contributed by atoms with Gasteiger partial charge >= 0.3 is 5.97 Å². The molecule has 0 spiro atoms. The number of hydrogen-bond donors (Lipinski definition) is 0. The molecule has 2 aromatic heterocycles. The Balaban J connectivity index is 1.66. The number of para-hydroxylation sites is 1. The minimum absolute atomic E-state index is 0.00628. The monoisotopic (exact) mass is 538 g/mol. The molecule has 9 nitrogen and oxygen atoms in total. The number of esters is 1. The van der Waals surface area contributed by atoms with E-state index >= 15 is 0 Å². The number of hydrogen-bond acceptors (Lipinski definition) is 8. The fraction of sp³-hybridized carbons (Fsp3) is 0.172. The third-order valence-corrected chi connectivity index (χ3v) is 7.43. The second-order valence-corrected chi connectivity index (χ2v) is 9.71. The number of carbonyl (C=O) groups excluding carboxylic acids is 2. The van der Waals surface area contributed by atoms with Crippen LogP contribution in [0.5, 0.6) is 0 Å². The Labute approximate surface area is 227 Å². The van der Waals surface area contributed by atoms with Gasteiger partial charge in [0.1, 0.15) is 17.0 Å². The lowest BCUT2D eigenvalue weighted by molar-refractivity contribution is -0.384. The van der Waals surface area contributed by atoms with Gasteiger partial charge < -0.3 is 9.30 Å². The normalized spacial score (nSPS) is 11.1. The van der Waals surface area contributed by atoms with Crippen molar-refractivity contribution in [2.45, 2.75) is 26.8 Å². The maximum atomic E-state index is 13.2. The van der Waals surface area contributed by atoms with E-state index in [1.165, 1.54) is 18.2 Å². The number of nitriles is 2. The molecule has 0 saturated carbocycles. The van der Waals surface area contributed by atoms with Crippen LogP contribution in [0.25, 0.3) is 17.0 Å². The fourth-order valence-electron chi connectivity index (χ4n) is 4.25. The van der Waals surface area contributed by atoms with E-state index in [1.54, 1.807) is 26.0 Å². The zero-order valence-electron chi connectivity index (χ0n) is 21.1. The van der Waals surface area contributed by atoms with Crippen molar-refractivity contribution in [3.05, 3.63) is 102 Å². The summed E-state index contributed by atoms with van der Waals surface area (Å²) in [6, 6.07) is 17.8. The number of fused-ring (bicyclic) bond motifs is 1. The number of Topliss-reactive ketones (excluding diaryl/α,β-unsaturated/α-hetero) is 1. The van der Waals surface area contributed by atoms with Gasteiger partial charge in [-0.05, 0) is 37.1 Å². The molecule has 194 valence electrons. The predicted molar refractivity (Wildman–Crippen MR) is 146 cm³/mol. The molecule has 0 radical (unpaired) electrons. The van der Waals surface area contributed by atoms with E-state index in [0.29, 0.717) is 22.5 Å². The van der Waals surface area contributed by atoms with Crippen molar-refractivity contribution in [2.24, 2.45) is 0 Å². The molecule has 0 aliphatic heterocycles. The number of nitrogens with zero attached hydrogens (tertiary/aromatic N) is 4. The summed E-state index contributed by atoms with van der Waals surface area (Å²) < 4.78 is 7.01. The van der Waals surface area contributed by atoms with Crippen molar-refractivity contribution in [3.63, 3.8) is 0 Å². The quantitative estimate of drug-likeness (QED) is 0.0871. The predicted octanol–water partition coefficient (Wildman–Crippen LogP) is 5.73. The van der Waals surface area contributed by atoms with Crippen molar-refractivity contribution < 1.29 is 19.2 Å². The molecule has 0 unspecified atom stereocenters. The van der Waals surface area contributed by atoms with Crippen LogP contribution < -0.4 is 0 Å². The Morgan fingerprint density at radius 2 is 1.87 bits per heavy atom. The van der Waals surface area contributed by atoms with E-state index < -0.39 is 16.7 Å². The van der Waals surface area contributed by atoms with Gasteiger partial charge in [0.25, 0.3) is 5.69 Å².